The van der Waals surface area contributed by atoms with Crippen LogP contribution in [0, 0.1) is 0 Å². The van der Waals surface area contributed by atoms with Crippen molar-refractivity contribution >= 4 is 29.2 Å². The second kappa shape index (κ2) is 5.29. The van der Waals surface area contributed by atoms with Gasteiger partial charge in [-0.1, -0.05) is 43.6 Å². The third kappa shape index (κ3) is 2.32. The molecular formula is C17H17ClN2. The maximum Gasteiger partial charge on any atom is 0.114 e. The predicted octanol–water partition coefficient (Wildman–Crippen LogP) is 4.99. The third-order valence-electron chi connectivity index (χ3n) is 3.59. The van der Waals surface area contributed by atoms with Crippen molar-refractivity contribution < 1.29 is 0 Å². The molecule has 0 amide bonds. The molecule has 2 nitrogen and oxygen atoms in total. The van der Waals surface area contributed by atoms with Gasteiger partial charge in [0.1, 0.15) is 6.67 Å². The normalized spacial score (nSPS) is 13.7. The lowest BCUT2D eigenvalue weighted by Crippen LogP contribution is -2.23. The molecular weight excluding hydrogens is 268 g/mol. The second-order valence-corrected chi connectivity index (χ2v) is 5.73. The van der Waals surface area contributed by atoms with E-state index < -0.39 is 0 Å². The molecule has 0 aliphatic carbocycles. The van der Waals surface area contributed by atoms with Crippen molar-refractivity contribution in [2.75, 3.05) is 11.6 Å². The largest absolute Gasteiger partial charge is 0.320 e. The fraction of sp³-hybridized carbons (Fsp3) is 0.235. The summed E-state index contributed by atoms with van der Waals surface area (Å²) in [6.45, 7) is 5.06. The summed E-state index contributed by atoms with van der Waals surface area (Å²) in [5.41, 5.74) is 4.78. The number of nitrogens with zero attached hydrogens (tertiary/aromatic N) is 2. The van der Waals surface area contributed by atoms with E-state index in [1.54, 1.807) is 0 Å². The van der Waals surface area contributed by atoms with Crippen LogP contribution in [0.25, 0.3) is 0 Å². The van der Waals surface area contributed by atoms with Crippen molar-refractivity contribution in [2.24, 2.45) is 4.99 Å². The van der Waals surface area contributed by atoms with E-state index in [1.807, 2.05) is 24.4 Å². The van der Waals surface area contributed by atoms with Gasteiger partial charge in [0.15, 0.2) is 0 Å². The zero-order chi connectivity index (χ0) is 14.1. The molecule has 1 heterocycles. The second-order valence-electron chi connectivity index (χ2n) is 5.30. The van der Waals surface area contributed by atoms with Crippen LogP contribution in [0.15, 0.2) is 47.5 Å². The Morgan fingerprint density at radius 1 is 1.10 bits per heavy atom. The number of halogens is 1. The van der Waals surface area contributed by atoms with Gasteiger partial charge in [-0.3, -0.25) is 4.99 Å². The van der Waals surface area contributed by atoms with Crippen LogP contribution in [-0.2, 0) is 0 Å². The SMILES string of the molecule is CC(C)c1ccccc1N1CN=Cc2ccc(Cl)cc21. The Hall–Kier alpha value is -1.80. The molecule has 0 aromatic heterocycles. The van der Waals surface area contributed by atoms with Crippen molar-refractivity contribution in [1.29, 1.82) is 0 Å². The number of anilines is 2. The van der Waals surface area contributed by atoms with Crippen molar-refractivity contribution in [2.45, 2.75) is 19.8 Å². The first kappa shape index (κ1) is 13.2. The van der Waals surface area contributed by atoms with E-state index in [-0.39, 0.29) is 0 Å². The fourth-order valence-electron chi connectivity index (χ4n) is 2.58. The van der Waals surface area contributed by atoms with Crippen molar-refractivity contribution in [3.8, 4) is 0 Å². The summed E-state index contributed by atoms with van der Waals surface area (Å²) in [6.07, 6.45) is 1.92. The van der Waals surface area contributed by atoms with Crippen LogP contribution >= 0.6 is 11.6 Å². The first-order chi connectivity index (χ1) is 9.66. The van der Waals surface area contributed by atoms with Crippen LogP contribution in [0.3, 0.4) is 0 Å². The maximum atomic E-state index is 6.16. The molecule has 2 aromatic carbocycles. The summed E-state index contributed by atoms with van der Waals surface area (Å²) in [6, 6.07) is 14.4. The summed E-state index contributed by atoms with van der Waals surface area (Å²) in [7, 11) is 0. The van der Waals surface area contributed by atoms with E-state index in [9.17, 15) is 0 Å². The Balaban J connectivity index is 2.13. The highest BCUT2D eigenvalue weighted by molar-refractivity contribution is 6.31. The first-order valence-electron chi connectivity index (χ1n) is 6.82. The summed E-state index contributed by atoms with van der Waals surface area (Å²) in [4.78, 5) is 6.70. The molecule has 0 saturated heterocycles. The molecule has 0 radical (unpaired) electrons. The van der Waals surface area contributed by atoms with E-state index in [0.29, 0.717) is 12.6 Å². The van der Waals surface area contributed by atoms with Gasteiger partial charge in [-0.25, -0.2) is 0 Å². The third-order valence-corrected chi connectivity index (χ3v) is 3.82. The Morgan fingerprint density at radius 3 is 2.70 bits per heavy atom. The number of hydrogen-bond donors (Lipinski definition) is 0. The zero-order valence-corrected chi connectivity index (χ0v) is 12.4. The van der Waals surface area contributed by atoms with E-state index in [0.717, 1.165) is 16.3 Å². The molecule has 3 rings (SSSR count). The van der Waals surface area contributed by atoms with E-state index in [1.165, 1.54) is 11.3 Å². The summed E-state index contributed by atoms with van der Waals surface area (Å²) >= 11 is 6.16. The molecule has 0 atom stereocenters. The topological polar surface area (TPSA) is 15.6 Å². The minimum atomic E-state index is 0.472. The minimum absolute atomic E-state index is 0.472. The van der Waals surface area contributed by atoms with Crippen molar-refractivity contribution in [3.63, 3.8) is 0 Å². The van der Waals surface area contributed by atoms with Crippen LogP contribution in [0.4, 0.5) is 11.4 Å². The Labute approximate surface area is 124 Å². The lowest BCUT2D eigenvalue weighted by Gasteiger charge is -2.30. The lowest BCUT2D eigenvalue weighted by atomic mass is 9.99. The molecule has 1 aliphatic rings. The number of hydrogen-bond acceptors (Lipinski definition) is 2. The summed E-state index contributed by atoms with van der Waals surface area (Å²) in [5.74, 6) is 0.472. The molecule has 2 aromatic rings. The van der Waals surface area contributed by atoms with E-state index in [4.69, 9.17) is 11.6 Å². The number of rotatable bonds is 2. The van der Waals surface area contributed by atoms with Crippen molar-refractivity contribution in [3.05, 3.63) is 58.6 Å². The van der Waals surface area contributed by atoms with Crippen LogP contribution in [0.1, 0.15) is 30.9 Å². The van der Waals surface area contributed by atoms with Gasteiger partial charge in [0.2, 0.25) is 0 Å². The molecule has 0 fully saturated rings. The maximum absolute atomic E-state index is 6.16. The predicted molar refractivity (Wildman–Crippen MR) is 86.6 cm³/mol. The highest BCUT2D eigenvalue weighted by Gasteiger charge is 2.19. The Kier molecular flexibility index (Phi) is 3.49. The number of para-hydroxylation sites is 1. The summed E-state index contributed by atoms with van der Waals surface area (Å²) in [5, 5.41) is 0.756. The molecule has 0 N–H and O–H groups in total. The molecule has 0 spiro atoms. The summed E-state index contributed by atoms with van der Waals surface area (Å²) < 4.78 is 0. The Morgan fingerprint density at radius 2 is 1.90 bits per heavy atom. The van der Waals surface area contributed by atoms with Gasteiger partial charge in [-0.2, -0.15) is 0 Å². The highest BCUT2D eigenvalue weighted by Crippen LogP contribution is 2.36. The van der Waals surface area contributed by atoms with Crippen molar-refractivity contribution in [1.82, 2.24) is 0 Å². The molecule has 3 heteroatoms. The van der Waals surface area contributed by atoms with E-state index >= 15 is 0 Å². The monoisotopic (exact) mass is 284 g/mol. The molecule has 102 valence electrons. The zero-order valence-electron chi connectivity index (χ0n) is 11.7. The van der Waals surface area contributed by atoms with Gasteiger partial charge in [0.25, 0.3) is 0 Å². The van der Waals surface area contributed by atoms with E-state index in [2.05, 4.69) is 48.0 Å². The average Bonchev–Trinajstić information content (AvgIpc) is 2.46. The smallest absolute Gasteiger partial charge is 0.114 e. The number of fused-ring (bicyclic) bond motifs is 1. The van der Waals surface area contributed by atoms with Gasteiger partial charge in [-0.05, 0) is 35.7 Å². The molecule has 0 saturated carbocycles. The fourth-order valence-corrected chi connectivity index (χ4v) is 2.75. The first-order valence-corrected chi connectivity index (χ1v) is 7.20. The van der Waals surface area contributed by atoms with Gasteiger partial charge in [0, 0.05) is 22.5 Å². The van der Waals surface area contributed by atoms with Gasteiger partial charge < -0.3 is 4.90 Å². The standard InChI is InChI=1S/C17H17ClN2/c1-12(2)15-5-3-4-6-16(15)20-11-19-10-13-7-8-14(18)9-17(13)20/h3-10,12H,11H2,1-2H3. The minimum Gasteiger partial charge on any atom is -0.320 e. The van der Waals surface area contributed by atoms with Gasteiger partial charge in [-0.15, -0.1) is 0 Å². The number of aliphatic imine (C=N–C) groups is 1. The Bertz CT molecular complexity index is 662. The molecule has 20 heavy (non-hydrogen) atoms. The average molecular weight is 285 g/mol. The van der Waals surface area contributed by atoms with Crippen LogP contribution < -0.4 is 4.90 Å². The van der Waals surface area contributed by atoms with Crippen LogP contribution in [0.5, 0.6) is 0 Å². The quantitative estimate of drug-likeness (QED) is 0.758. The lowest BCUT2D eigenvalue weighted by molar-refractivity contribution is 0.850. The molecule has 0 unspecified atom stereocenters. The molecule has 1 aliphatic heterocycles. The van der Waals surface area contributed by atoms with Crippen LogP contribution in [-0.4, -0.2) is 12.9 Å². The molecule has 0 bridgehead atoms. The highest BCUT2D eigenvalue weighted by atomic mass is 35.5. The number of benzene rings is 2. The van der Waals surface area contributed by atoms with Gasteiger partial charge >= 0.3 is 0 Å². The van der Waals surface area contributed by atoms with Gasteiger partial charge in [0.05, 0.1) is 5.69 Å². The van der Waals surface area contributed by atoms with Crippen LogP contribution in [0.2, 0.25) is 5.02 Å².